The van der Waals surface area contributed by atoms with E-state index in [-0.39, 0.29) is 5.56 Å². The van der Waals surface area contributed by atoms with Crippen LogP contribution >= 0.6 is 22.6 Å². The lowest BCUT2D eigenvalue weighted by molar-refractivity contribution is 0.0695. The number of hydrogen-bond donors (Lipinski definition) is 1. The monoisotopic (exact) mass is 442 g/mol. The predicted molar refractivity (Wildman–Crippen MR) is 105 cm³/mol. The molecule has 122 valence electrons. The molecule has 0 spiro atoms. The Morgan fingerprint density at radius 2 is 1.80 bits per heavy atom. The van der Waals surface area contributed by atoms with Gasteiger partial charge in [0.2, 0.25) is 0 Å². The number of aromatic carboxylic acids is 1. The molecule has 2 aromatic carbocycles. The summed E-state index contributed by atoms with van der Waals surface area (Å²) in [6, 6.07) is 14.4. The summed E-state index contributed by atoms with van der Waals surface area (Å²) >= 11 is 2.17. The SMILES string of the molecule is O=C(O)c1cc2ccc(I)cc2n(-c2ccc3cnccc3c2)c1=O. The second kappa shape index (κ2) is 5.96. The van der Waals surface area contributed by atoms with Crippen LogP contribution in [-0.2, 0) is 0 Å². The van der Waals surface area contributed by atoms with Crippen molar-refractivity contribution in [3.63, 3.8) is 0 Å². The van der Waals surface area contributed by atoms with Crippen LogP contribution in [0, 0.1) is 3.57 Å². The summed E-state index contributed by atoms with van der Waals surface area (Å²) in [4.78, 5) is 28.4. The topological polar surface area (TPSA) is 72.2 Å². The first-order chi connectivity index (χ1) is 12.0. The second-order valence-electron chi connectivity index (χ2n) is 5.61. The van der Waals surface area contributed by atoms with Crippen molar-refractivity contribution in [3.8, 4) is 5.69 Å². The minimum Gasteiger partial charge on any atom is -0.477 e. The molecule has 2 heterocycles. The highest BCUT2D eigenvalue weighted by Crippen LogP contribution is 2.23. The van der Waals surface area contributed by atoms with Crippen LogP contribution in [0.1, 0.15) is 10.4 Å². The molecule has 0 radical (unpaired) electrons. The maximum atomic E-state index is 12.8. The Hall–Kier alpha value is -2.74. The first-order valence-electron chi connectivity index (χ1n) is 7.47. The summed E-state index contributed by atoms with van der Waals surface area (Å²) in [5.74, 6) is -1.23. The normalized spacial score (nSPS) is 11.1. The molecule has 4 rings (SSSR count). The molecule has 0 unspecified atom stereocenters. The van der Waals surface area contributed by atoms with Crippen molar-refractivity contribution in [3.05, 3.63) is 80.4 Å². The van der Waals surface area contributed by atoms with E-state index in [4.69, 9.17) is 0 Å². The fourth-order valence-corrected chi connectivity index (χ4v) is 3.37. The van der Waals surface area contributed by atoms with Crippen molar-refractivity contribution in [2.24, 2.45) is 0 Å². The summed E-state index contributed by atoms with van der Waals surface area (Å²) in [6.45, 7) is 0. The first kappa shape index (κ1) is 15.8. The van der Waals surface area contributed by atoms with Gasteiger partial charge >= 0.3 is 5.97 Å². The number of benzene rings is 2. The molecule has 0 aliphatic heterocycles. The van der Waals surface area contributed by atoms with Gasteiger partial charge < -0.3 is 5.11 Å². The van der Waals surface area contributed by atoms with Gasteiger partial charge in [0, 0.05) is 27.0 Å². The molecule has 0 amide bonds. The van der Waals surface area contributed by atoms with Crippen LogP contribution in [0.4, 0.5) is 0 Å². The number of aromatic nitrogens is 2. The summed E-state index contributed by atoms with van der Waals surface area (Å²) in [7, 11) is 0. The van der Waals surface area contributed by atoms with Crippen LogP contribution in [0.5, 0.6) is 0 Å². The van der Waals surface area contributed by atoms with Gasteiger partial charge in [0.15, 0.2) is 0 Å². The van der Waals surface area contributed by atoms with Crippen molar-refractivity contribution >= 4 is 50.2 Å². The van der Waals surface area contributed by atoms with Crippen molar-refractivity contribution < 1.29 is 9.90 Å². The van der Waals surface area contributed by atoms with Crippen LogP contribution in [0.3, 0.4) is 0 Å². The first-order valence-corrected chi connectivity index (χ1v) is 8.55. The minimum absolute atomic E-state index is 0.247. The lowest BCUT2D eigenvalue weighted by Crippen LogP contribution is -2.25. The second-order valence-corrected chi connectivity index (χ2v) is 6.86. The molecule has 0 bridgehead atoms. The maximum Gasteiger partial charge on any atom is 0.341 e. The summed E-state index contributed by atoms with van der Waals surface area (Å²) < 4.78 is 2.42. The molecule has 0 saturated heterocycles. The highest BCUT2D eigenvalue weighted by Gasteiger charge is 2.16. The Labute approximate surface area is 155 Å². The highest BCUT2D eigenvalue weighted by molar-refractivity contribution is 14.1. The third-order valence-electron chi connectivity index (χ3n) is 4.08. The zero-order chi connectivity index (χ0) is 17.6. The van der Waals surface area contributed by atoms with Crippen LogP contribution in [0.25, 0.3) is 27.4 Å². The molecule has 2 aromatic heterocycles. The molecule has 0 aliphatic carbocycles. The van der Waals surface area contributed by atoms with E-state index in [1.807, 2.05) is 36.4 Å². The van der Waals surface area contributed by atoms with Gasteiger partial charge in [0.05, 0.1) is 5.52 Å². The number of pyridine rings is 2. The third kappa shape index (κ3) is 2.68. The molecular weight excluding hydrogens is 431 g/mol. The van der Waals surface area contributed by atoms with E-state index in [9.17, 15) is 14.7 Å². The smallest absolute Gasteiger partial charge is 0.341 e. The highest BCUT2D eigenvalue weighted by atomic mass is 127. The summed E-state index contributed by atoms with van der Waals surface area (Å²) in [5, 5.41) is 12.0. The van der Waals surface area contributed by atoms with Crippen molar-refractivity contribution in [1.29, 1.82) is 0 Å². The van der Waals surface area contributed by atoms with Crippen molar-refractivity contribution in [2.75, 3.05) is 0 Å². The largest absolute Gasteiger partial charge is 0.477 e. The Balaban J connectivity index is 2.13. The molecule has 0 fully saturated rings. The van der Waals surface area contributed by atoms with E-state index in [1.54, 1.807) is 18.5 Å². The van der Waals surface area contributed by atoms with Crippen LogP contribution in [0.2, 0.25) is 0 Å². The number of nitrogens with zero attached hydrogens (tertiary/aromatic N) is 2. The van der Waals surface area contributed by atoms with Gasteiger partial charge in [-0.3, -0.25) is 14.3 Å². The van der Waals surface area contributed by atoms with E-state index in [1.165, 1.54) is 10.6 Å². The Kier molecular flexibility index (Phi) is 3.76. The van der Waals surface area contributed by atoms with Gasteiger partial charge in [-0.25, -0.2) is 4.79 Å². The molecule has 4 aromatic rings. The van der Waals surface area contributed by atoms with Gasteiger partial charge in [-0.15, -0.1) is 0 Å². The van der Waals surface area contributed by atoms with Gasteiger partial charge in [-0.05, 0) is 69.8 Å². The van der Waals surface area contributed by atoms with E-state index in [0.717, 1.165) is 14.3 Å². The zero-order valence-electron chi connectivity index (χ0n) is 12.8. The fourth-order valence-electron chi connectivity index (χ4n) is 2.90. The van der Waals surface area contributed by atoms with Gasteiger partial charge in [0.25, 0.3) is 5.56 Å². The Morgan fingerprint density at radius 1 is 1.00 bits per heavy atom. The van der Waals surface area contributed by atoms with Crippen LogP contribution in [-0.4, -0.2) is 20.6 Å². The predicted octanol–water partition coefficient (Wildman–Crippen LogP) is 3.84. The molecule has 6 heteroatoms. The van der Waals surface area contributed by atoms with E-state index in [2.05, 4.69) is 27.6 Å². The number of fused-ring (bicyclic) bond motifs is 2. The number of carbonyl (C=O) groups is 1. The number of carboxylic acid groups (broad SMARTS) is 1. The summed E-state index contributed by atoms with van der Waals surface area (Å²) in [6.07, 6.45) is 3.43. The number of rotatable bonds is 2. The maximum absolute atomic E-state index is 12.8. The molecule has 1 N–H and O–H groups in total. The summed E-state index contributed by atoms with van der Waals surface area (Å²) in [5.41, 5.74) is 0.507. The average molecular weight is 442 g/mol. The van der Waals surface area contributed by atoms with Gasteiger partial charge in [-0.2, -0.15) is 0 Å². The van der Waals surface area contributed by atoms with Crippen molar-refractivity contribution in [2.45, 2.75) is 0 Å². The lowest BCUT2D eigenvalue weighted by Gasteiger charge is -2.13. The molecule has 5 nitrogen and oxygen atoms in total. The third-order valence-corrected chi connectivity index (χ3v) is 4.75. The van der Waals surface area contributed by atoms with E-state index in [0.29, 0.717) is 16.6 Å². The average Bonchev–Trinajstić information content (AvgIpc) is 2.60. The molecule has 0 saturated carbocycles. The Bertz CT molecular complexity index is 1210. The fraction of sp³-hybridized carbons (Fsp3) is 0. The molecule has 0 atom stereocenters. The van der Waals surface area contributed by atoms with Gasteiger partial charge in [0.1, 0.15) is 5.56 Å². The Morgan fingerprint density at radius 3 is 2.60 bits per heavy atom. The number of carboxylic acids is 1. The number of hydrogen-bond acceptors (Lipinski definition) is 3. The van der Waals surface area contributed by atoms with Crippen LogP contribution in [0.15, 0.2) is 65.7 Å². The zero-order valence-corrected chi connectivity index (χ0v) is 15.0. The van der Waals surface area contributed by atoms with Gasteiger partial charge in [-0.1, -0.05) is 12.1 Å². The van der Waals surface area contributed by atoms with E-state index >= 15 is 0 Å². The quantitative estimate of drug-likeness (QED) is 0.479. The number of halogens is 1. The lowest BCUT2D eigenvalue weighted by atomic mass is 10.1. The molecule has 0 aliphatic rings. The minimum atomic E-state index is -1.23. The van der Waals surface area contributed by atoms with E-state index < -0.39 is 11.5 Å². The van der Waals surface area contributed by atoms with Crippen molar-refractivity contribution in [1.82, 2.24) is 9.55 Å². The molecular formula is C19H11IN2O3. The van der Waals surface area contributed by atoms with Crippen LogP contribution < -0.4 is 5.56 Å². The molecule has 25 heavy (non-hydrogen) atoms. The standard InChI is InChI=1S/C19H11IN2O3/c20-14-3-1-12-8-16(19(24)25)18(23)22(17(12)9-14)15-4-2-13-10-21-6-5-11(13)7-15/h1-10H,(H,24,25).